The highest BCUT2D eigenvalue weighted by molar-refractivity contribution is 5.24. The van der Waals surface area contributed by atoms with Crippen LogP contribution >= 0.6 is 0 Å². The smallest absolute Gasteiger partial charge is 0.0447 e. The molecule has 1 unspecified atom stereocenters. The number of hydrazine groups is 1. The fourth-order valence-corrected chi connectivity index (χ4v) is 0.998. The zero-order valence-corrected chi connectivity index (χ0v) is 7.76. The van der Waals surface area contributed by atoms with Crippen molar-refractivity contribution >= 4 is 0 Å². The van der Waals surface area contributed by atoms with Crippen LogP contribution in [0.1, 0.15) is 29.8 Å². The average molecular weight is 165 g/mol. The molecular weight excluding hydrogens is 150 g/mol. The minimum atomic E-state index is 0.164. The zero-order chi connectivity index (χ0) is 9.14. The highest BCUT2D eigenvalue weighted by Crippen LogP contribution is 2.13. The maximum Gasteiger partial charge on any atom is 0.0447 e. The molecule has 0 radical (unpaired) electrons. The molecule has 0 aliphatic carbocycles. The first kappa shape index (κ1) is 9.16. The Kier molecular flexibility index (Phi) is 2.78. The third kappa shape index (κ3) is 1.81. The molecule has 1 rings (SSSR count). The van der Waals surface area contributed by atoms with Gasteiger partial charge in [0, 0.05) is 17.9 Å². The lowest BCUT2D eigenvalue weighted by molar-refractivity contribution is 0.599. The molecule has 3 heteroatoms. The van der Waals surface area contributed by atoms with Crippen LogP contribution in [-0.2, 0) is 0 Å². The fourth-order valence-electron chi connectivity index (χ4n) is 0.998. The standard InChI is InChI=1S/C9H15N3/c1-6-4-9(8(3)12-10)5-11-7(6)2/h4-5,8,12H,10H2,1-3H3. The van der Waals surface area contributed by atoms with E-state index in [-0.39, 0.29) is 6.04 Å². The number of nitrogens with one attached hydrogen (secondary N) is 1. The number of hydrogen-bond donors (Lipinski definition) is 2. The predicted molar refractivity (Wildman–Crippen MR) is 49.4 cm³/mol. The second-order valence-corrected chi connectivity index (χ2v) is 3.06. The largest absolute Gasteiger partial charge is 0.271 e. The van der Waals surface area contributed by atoms with E-state index in [2.05, 4.69) is 23.4 Å². The number of nitrogens with two attached hydrogens (primary N) is 1. The van der Waals surface area contributed by atoms with E-state index in [1.54, 1.807) is 0 Å². The van der Waals surface area contributed by atoms with E-state index in [1.165, 1.54) is 5.56 Å². The first-order valence-electron chi connectivity index (χ1n) is 4.04. The molecule has 3 N–H and O–H groups in total. The van der Waals surface area contributed by atoms with Crippen LogP contribution in [-0.4, -0.2) is 4.98 Å². The van der Waals surface area contributed by atoms with Gasteiger partial charge in [-0.25, -0.2) is 0 Å². The Hall–Kier alpha value is -0.930. The van der Waals surface area contributed by atoms with E-state index >= 15 is 0 Å². The van der Waals surface area contributed by atoms with E-state index in [4.69, 9.17) is 5.84 Å². The van der Waals surface area contributed by atoms with E-state index in [0.29, 0.717) is 0 Å². The van der Waals surface area contributed by atoms with Gasteiger partial charge in [-0.15, -0.1) is 0 Å². The topological polar surface area (TPSA) is 50.9 Å². The summed E-state index contributed by atoms with van der Waals surface area (Å²) in [6.45, 7) is 6.06. The summed E-state index contributed by atoms with van der Waals surface area (Å²) in [6.07, 6.45) is 1.85. The zero-order valence-electron chi connectivity index (χ0n) is 7.76. The molecule has 0 aliphatic heterocycles. The van der Waals surface area contributed by atoms with Gasteiger partial charge in [0.2, 0.25) is 0 Å². The molecule has 0 fully saturated rings. The number of pyridine rings is 1. The summed E-state index contributed by atoms with van der Waals surface area (Å²) in [5.41, 5.74) is 6.09. The van der Waals surface area contributed by atoms with Crippen LogP contribution in [0.15, 0.2) is 12.3 Å². The average Bonchev–Trinajstić information content (AvgIpc) is 2.08. The summed E-state index contributed by atoms with van der Waals surface area (Å²) < 4.78 is 0. The monoisotopic (exact) mass is 165 g/mol. The molecule has 66 valence electrons. The molecule has 1 aromatic heterocycles. The lowest BCUT2D eigenvalue weighted by Gasteiger charge is -2.10. The molecular formula is C9H15N3. The van der Waals surface area contributed by atoms with Crippen molar-refractivity contribution in [1.29, 1.82) is 0 Å². The number of aromatic nitrogens is 1. The van der Waals surface area contributed by atoms with Crippen LogP contribution in [0.5, 0.6) is 0 Å². The van der Waals surface area contributed by atoms with Crippen molar-refractivity contribution in [2.75, 3.05) is 0 Å². The summed E-state index contributed by atoms with van der Waals surface area (Å²) in [5.74, 6) is 5.31. The maximum atomic E-state index is 5.31. The highest BCUT2D eigenvalue weighted by Gasteiger charge is 2.03. The molecule has 1 aromatic rings. The number of rotatable bonds is 2. The Morgan fingerprint density at radius 3 is 2.67 bits per heavy atom. The van der Waals surface area contributed by atoms with Crippen LogP contribution in [0.3, 0.4) is 0 Å². The lowest BCUT2D eigenvalue weighted by Crippen LogP contribution is -2.25. The van der Waals surface area contributed by atoms with Gasteiger partial charge in [-0.1, -0.05) is 6.07 Å². The molecule has 1 heterocycles. The van der Waals surface area contributed by atoms with Crippen molar-refractivity contribution in [1.82, 2.24) is 10.4 Å². The number of aryl methyl sites for hydroxylation is 2. The van der Waals surface area contributed by atoms with E-state index < -0.39 is 0 Å². The van der Waals surface area contributed by atoms with Gasteiger partial charge in [-0.2, -0.15) is 0 Å². The van der Waals surface area contributed by atoms with Gasteiger partial charge < -0.3 is 0 Å². The molecule has 0 amide bonds. The first-order valence-corrected chi connectivity index (χ1v) is 4.04. The quantitative estimate of drug-likeness (QED) is 0.512. The minimum Gasteiger partial charge on any atom is -0.271 e. The lowest BCUT2D eigenvalue weighted by atomic mass is 10.1. The van der Waals surface area contributed by atoms with Crippen LogP contribution in [0.4, 0.5) is 0 Å². The second kappa shape index (κ2) is 3.65. The molecule has 3 nitrogen and oxygen atoms in total. The highest BCUT2D eigenvalue weighted by atomic mass is 15.2. The van der Waals surface area contributed by atoms with Crippen LogP contribution < -0.4 is 11.3 Å². The van der Waals surface area contributed by atoms with Crippen molar-refractivity contribution in [2.45, 2.75) is 26.8 Å². The Morgan fingerprint density at radius 1 is 1.50 bits per heavy atom. The summed E-state index contributed by atoms with van der Waals surface area (Å²) in [4.78, 5) is 4.25. The van der Waals surface area contributed by atoms with Gasteiger partial charge in [-0.05, 0) is 31.9 Å². The van der Waals surface area contributed by atoms with Crippen molar-refractivity contribution < 1.29 is 0 Å². The molecule has 12 heavy (non-hydrogen) atoms. The SMILES string of the molecule is Cc1cc(C(C)NN)cnc1C. The van der Waals surface area contributed by atoms with Gasteiger partial charge in [-0.3, -0.25) is 16.3 Å². The first-order chi connectivity index (χ1) is 5.65. The maximum absolute atomic E-state index is 5.31. The van der Waals surface area contributed by atoms with Crippen LogP contribution in [0, 0.1) is 13.8 Å². The Morgan fingerprint density at radius 2 is 2.17 bits per heavy atom. The van der Waals surface area contributed by atoms with E-state index in [1.807, 2.05) is 20.0 Å². The molecule has 0 saturated carbocycles. The third-order valence-corrected chi connectivity index (χ3v) is 2.11. The summed E-state index contributed by atoms with van der Waals surface area (Å²) in [7, 11) is 0. The molecule has 0 spiro atoms. The Bertz CT molecular complexity index is 270. The van der Waals surface area contributed by atoms with Crippen molar-refractivity contribution in [3.8, 4) is 0 Å². The summed E-state index contributed by atoms with van der Waals surface area (Å²) in [5, 5.41) is 0. The van der Waals surface area contributed by atoms with Gasteiger partial charge in [0.05, 0.1) is 0 Å². The van der Waals surface area contributed by atoms with Crippen molar-refractivity contribution in [3.05, 3.63) is 29.1 Å². The van der Waals surface area contributed by atoms with E-state index in [0.717, 1.165) is 11.3 Å². The minimum absolute atomic E-state index is 0.164. The molecule has 0 saturated heterocycles. The summed E-state index contributed by atoms with van der Waals surface area (Å²) >= 11 is 0. The Labute approximate surface area is 73.0 Å². The van der Waals surface area contributed by atoms with Crippen molar-refractivity contribution in [3.63, 3.8) is 0 Å². The van der Waals surface area contributed by atoms with Crippen LogP contribution in [0.2, 0.25) is 0 Å². The Balaban J connectivity index is 2.96. The molecule has 0 aromatic carbocycles. The van der Waals surface area contributed by atoms with Gasteiger partial charge in [0.25, 0.3) is 0 Å². The van der Waals surface area contributed by atoms with Crippen molar-refractivity contribution in [2.24, 2.45) is 5.84 Å². The molecule has 0 aliphatic rings. The normalized spacial score (nSPS) is 13.0. The molecule has 0 bridgehead atoms. The number of hydrogen-bond acceptors (Lipinski definition) is 3. The fraction of sp³-hybridized carbons (Fsp3) is 0.444. The molecule has 1 atom stereocenters. The predicted octanol–water partition coefficient (Wildman–Crippen LogP) is 1.22. The van der Waals surface area contributed by atoms with Gasteiger partial charge in [0.1, 0.15) is 0 Å². The number of nitrogens with zero attached hydrogens (tertiary/aromatic N) is 1. The third-order valence-electron chi connectivity index (χ3n) is 2.11. The summed E-state index contributed by atoms with van der Waals surface area (Å²) in [6, 6.07) is 2.27. The second-order valence-electron chi connectivity index (χ2n) is 3.06. The van der Waals surface area contributed by atoms with E-state index in [9.17, 15) is 0 Å². The van der Waals surface area contributed by atoms with Crippen LogP contribution in [0.25, 0.3) is 0 Å². The van der Waals surface area contributed by atoms with Gasteiger partial charge >= 0.3 is 0 Å². The van der Waals surface area contributed by atoms with Gasteiger partial charge in [0.15, 0.2) is 0 Å².